The maximum atomic E-state index is 13.6. The molecule has 0 saturated carbocycles. The Morgan fingerprint density at radius 3 is 2.37 bits per heavy atom. The summed E-state index contributed by atoms with van der Waals surface area (Å²) in [5, 5.41) is 3.62. The Morgan fingerprint density at radius 1 is 0.974 bits per heavy atom. The summed E-state index contributed by atoms with van der Waals surface area (Å²) in [6, 6.07) is 16.2. The summed E-state index contributed by atoms with van der Waals surface area (Å²) >= 11 is 6.19. The van der Waals surface area contributed by atoms with Crippen molar-refractivity contribution in [1.29, 1.82) is 0 Å². The van der Waals surface area contributed by atoms with Crippen LogP contribution >= 0.6 is 11.6 Å². The first kappa shape index (κ1) is 27.6. The van der Waals surface area contributed by atoms with Crippen LogP contribution < -0.4 is 15.1 Å². The smallest absolute Gasteiger partial charge is 0.258 e. The molecule has 8 nitrogen and oxygen atoms in total. The van der Waals surface area contributed by atoms with Crippen molar-refractivity contribution < 1.29 is 9.59 Å². The van der Waals surface area contributed by atoms with Gasteiger partial charge in [-0.05, 0) is 69.6 Å². The van der Waals surface area contributed by atoms with Gasteiger partial charge in [-0.3, -0.25) is 19.5 Å². The van der Waals surface area contributed by atoms with Crippen molar-refractivity contribution >= 4 is 40.5 Å². The molecular formula is C29H35ClN6O2. The molecule has 9 heteroatoms. The van der Waals surface area contributed by atoms with Gasteiger partial charge in [-0.25, -0.2) is 0 Å². The topological polar surface area (TPSA) is 72.0 Å². The van der Waals surface area contributed by atoms with Crippen LogP contribution in [0.5, 0.6) is 0 Å². The second-order valence-corrected chi connectivity index (χ2v) is 10.0. The molecule has 2 heterocycles. The van der Waals surface area contributed by atoms with Gasteiger partial charge in [0.15, 0.2) is 0 Å². The van der Waals surface area contributed by atoms with Gasteiger partial charge >= 0.3 is 0 Å². The molecule has 0 radical (unpaired) electrons. The number of carbonyl (C=O) groups is 2. The highest BCUT2D eigenvalue weighted by Crippen LogP contribution is 2.30. The van der Waals surface area contributed by atoms with E-state index in [1.807, 2.05) is 31.2 Å². The number of anilines is 3. The maximum absolute atomic E-state index is 13.6. The van der Waals surface area contributed by atoms with Crippen LogP contribution in [0.15, 0.2) is 67.0 Å². The van der Waals surface area contributed by atoms with Crippen molar-refractivity contribution in [3.05, 3.63) is 83.1 Å². The number of pyridine rings is 1. The zero-order valence-electron chi connectivity index (χ0n) is 22.2. The Balaban J connectivity index is 1.60. The van der Waals surface area contributed by atoms with E-state index in [1.54, 1.807) is 47.6 Å². The summed E-state index contributed by atoms with van der Waals surface area (Å²) in [4.78, 5) is 39.3. The Hall–Kier alpha value is -3.46. The monoisotopic (exact) mass is 534 g/mol. The highest BCUT2D eigenvalue weighted by molar-refractivity contribution is 6.31. The van der Waals surface area contributed by atoms with Gasteiger partial charge in [0.05, 0.1) is 11.4 Å². The Labute approximate surface area is 229 Å². The van der Waals surface area contributed by atoms with Crippen molar-refractivity contribution in [1.82, 2.24) is 14.8 Å². The molecular weight excluding hydrogens is 500 g/mol. The third kappa shape index (κ3) is 6.89. The number of nitrogens with one attached hydrogen (secondary N) is 1. The summed E-state index contributed by atoms with van der Waals surface area (Å²) < 4.78 is 0. The predicted octanol–water partition coefficient (Wildman–Crippen LogP) is 4.34. The van der Waals surface area contributed by atoms with E-state index in [0.29, 0.717) is 28.4 Å². The van der Waals surface area contributed by atoms with E-state index in [4.69, 9.17) is 11.6 Å². The van der Waals surface area contributed by atoms with Gasteiger partial charge in [-0.15, -0.1) is 0 Å². The molecule has 0 bridgehead atoms. The minimum absolute atomic E-state index is 0.158. The Morgan fingerprint density at radius 2 is 1.71 bits per heavy atom. The lowest BCUT2D eigenvalue weighted by Gasteiger charge is -2.37. The number of amides is 2. The number of nitrogens with zero attached hydrogens (tertiary/aromatic N) is 5. The van der Waals surface area contributed by atoms with Crippen LogP contribution in [0.2, 0.25) is 5.02 Å². The minimum atomic E-state index is -0.245. The summed E-state index contributed by atoms with van der Waals surface area (Å²) in [5.74, 6) is -0.403. The molecule has 4 rings (SSSR count). The van der Waals surface area contributed by atoms with Gasteiger partial charge in [0.25, 0.3) is 11.8 Å². The van der Waals surface area contributed by atoms with Crippen molar-refractivity contribution in [2.24, 2.45) is 0 Å². The Bertz CT molecular complexity index is 1240. The number of rotatable bonds is 9. The predicted molar refractivity (Wildman–Crippen MR) is 155 cm³/mol. The normalized spacial score (nSPS) is 14.0. The lowest BCUT2D eigenvalue weighted by molar-refractivity contribution is 0.0985. The number of carbonyl (C=O) groups excluding carboxylic acids is 2. The highest BCUT2D eigenvalue weighted by atomic mass is 35.5. The molecule has 1 fully saturated rings. The molecule has 2 amide bonds. The van der Waals surface area contributed by atoms with Crippen LogP contribution in [0.3, 0.4) is 0 Å². The largest absolute Gasteiger partial charge is 0.367 e. The zero-order chi connectivity index (χ0) is 27.1. The maximum Gasteiger partial charge on any atom is 0.258 e. The number of aromatic nitrogens is 1. The fourth-order valence-corrected chi connectivity index (χ4v) is 4.72. The Kier molecular flexibility index (Phi) is 9.33. The van der Waals surface area contributed by atoms with E-state index in [2.05, 4.69) is 39.1 Å². The van der Waals surface area contributed by atoms with Gasteiger partial charge in [0.1, 0.15) is 0 Å². The molecule has 38 heavy (non-hydrogen) atoms. The molecule has 0 aliphatic carbocycles. The van der Waals surface area contributed by atoms with Crippen molar-refractivity contribution in [2.45, 2.75) is 6.92 Å². The van der Waals surface area contributed by atoms with E-state index in [-0.39, 0.29) is 11.8 Å². The number of hydrogen-bond acceptors (Lipinski definition) is 6. The number of halogens is 1. The van der Waals surface area contributed by atoms with Gasteiger partial charge in [0.2, 0.25) is 0 Å². The first-order valence-corrected chi connectivity index (χ1v) is 13.3. The van der Waals surface area contributed by atoms with E-state index in [1.165, 1.54) is 0 Å². The summed E-state index contributed by atoms with van der Waals surface area (Å²) in [7, 11) is 4.17. The molecule has 0 spiro atoms. The average molecular weight is 535 g/mol. The van der Waals surface area contributed by atoms with Gasteiger partial charge < -0.3 is 20.0 Å². The molecule has 1 aliphatic heterocycles. The number of benzene rings is 2. The highest BCUT2D eigenvalue weighted by Gasteiger charge is 2.23. The molecule has 0 unspecified atom stereocenters. The van der Waals surface area contributed by atoms with Crippen molar-refractivity contribution in [2.75, 3.05) is 75.0 Å². The molecule has 3 aromatic rings. The fraction of sp³-hybridized carbons (Fsp3) is 0.345. The summed E-state index contributed by atoms with van der Waals surface area (Å²) in [6.07, 6.45) is 3.18. The molecule has 1 N–H and O–H groups in total. The second kappa shape index (κ2) is 12.9. The molecule has 1 saturated heterocycles. The molecule has 0 atom stereocenters. The first-order valence-electron chi connectivity index (χ1n) is 12.9. The number of piperazine rings is 1. The van der Waals surface area contributed by atoms with Gasteiger partial charge in [-0.1, -0.05) is 17.7 Å². The van der Waals surface area contributed by atoms with Crippen molar-refractivity contribution in [3.8, 4) is 0 Å². The van der Waals surface area contributed by atoms with E-state index in [9.17, 15) is 9.59 Å². The van der Waals surface area contributed by atoms with Crippen LogP contribution in [0.4, 0.5) is 17.1 Å². The summed E-state index contributed by atoms with van der Waals surface area (Å²) in [6.45, 7) is 7.99. The van der Waals surface area contributed by atoms with Gasteiger partial charge in [-0.2, -0.15) is 0 Å². The van der Waals surface area contributed by atoms with Crippen LogP contribution in [0.1, 0.15) is 27.6 Å². The van der Waals surface area contributed by atoms with E-state index in [0.717, 1.165) is 50.6 Å². The molecule has 1 aromatic heterocycles. The van der Waals surface area contributed by atoms with Crippen LogP contribution in [-0.2, 0) is 0 Å². The SMILES string of the molecule is CCN(C(=O)c1ccc(N2CCN(CCN(C)C)CC2)c(NC(=O)c2ccncc2)c1)c1cccc(Cl)c1. The van der Waals surface area contributed by atoms with Crippen LogP contribution in [0, 0.1) is 0 Å². The first-order chi connectivity index (χ1) is 18.4. The standard InChI is InChI=1S/C29H35ClN6O2/c1-4-36(25-7-5-6-24(30)21-25)29(38)23-8-9-27(35-18-16-34(17-19-35)15-14-33(2)3)26(20-23)32-28(37)22-10-12-31-13-11-22/h5-13,20-21H,4,14-19H2,1-3H3,(H,32,37). The van der Waals surface area contributed by atoms with E-state index >= 15 is 0 Å². The molecule has 1 aliphatic rings. The van der Waals surface area contributed by atoms with Crippen molar-refractivity contribution in [3.63, 3.8) is 0 Å². The average Bonchev–Trinajstić information content (AvgIpc) is 2.93. The fourth-order valence-electron chi connectivity index (χ4n) is 4.54. The lowest BCUT2D eigenvalue weighted by Crippen LogP contribution is -2.48. The third-order valence-corrected chi connectivity index (χ3v) is 6.93. The third-order valence-electron chi connectivity index (χ3n) is 6.69. The van der Waals surface area contributed by atoms with Gasteiger partial charge in [0, 0.05) is 80.0 Å². The minimum Gasteiger partial charge on any atom is -0.367 e. The zero-order valence-corrected chi connectivity index (χ0v) is 23.0. The summed E-state index contributed by atoms with van der Waals surface area (Å²) in [5.41, 5.74) is 3.24. The van der Waals surface area contributed by atoms with E-state index < -0.39 is 0 Å². The lowest BCUT2D eigenvalue weighted by atomic mass is 10.1. The van der Waals surface area contributed by atoms with Crippen LogP contribution in [-0.4, -0.2) is 86.5 Å². The van der Waals surface area contributed by atoms with Crippen LogP contribution in [0.25, 0.3) is 0 Å². The molecule has 2 aromatic carbocycles. The quantitative estimate of drug-likeness (QED) is 0.440. The number of likely N-dealkylation sites (N-methyl/N-ethyl adjacent to an activating group) is 1. The molecule has 200 valence electrons. The second-order valence-electron chi connectivity index (χ2n) is 9.58. The number of hydrogen-bond donors (Lipinski definition) is 1.